The maximum atomic E-state index is 12.1. The summed E-state index contributed by atoms with van der Waals surface area (Å²) in [6, 6.07) is 0.606. The molecule has 20 heavy (non-hydrogen) atoms. The van der Waals surface area contributed by atoms with Crippen LogP contribution in [0.25, 0.3) is 0 Å². The third kappa shape index (κ3) is 3.46. The van der Waals surface area contributed by atoms with E-state index in [0.717, 1.165) is 37.3 Å². The molecule has 1 heterocycles. The Morgan fingerprint density at radius 1 is 1.35 bits per heavy atom. The molecule has 0 aromatic heterocycles. The summed E-state index contributed by atoms with van der Waals surface area (Å²) in [4.78, 5) is 14.3. The predicted octanol–water partition coefficient (Wildman–Crippen LogP) is 1.38. The molecule has 3 N–H and O–H groups in total. The van der Waals surface area contributed by atoms with E-state index in [1.54, 1.807) is 0 Å². The summed E-state index contributed by atoms with van der Waals surface area (Å²) >= 11 is 0. The Labute approximate surface area is 128 Å². The molecule has 3 aliphatic rings. The lowest BCUT2D eigenvalue weighted by atomic mass is 9.84. The van der Waals surface area contributed by atoms with Crippen LogP contribution < -0.4 is 11.1 Å². The van der Waals surface area contributed by atoms with Gasteiger partial charge in [-0.1, -0.05) is 6.42 Å². The smallest absolute Gasteiger partial charge is 0.234 e. The van der Waals surface area contributed by atoms with Crippen molar-refractivity contribution in [3.63, 3.8) is 0 Å². The number of likely N-dealkylation sites (tertiary alicyclic amines) is 1. The number of nitrogens with zero attached hydrogens (tertiary/aromatic N) is 1. The number of carbonyl (C=O) groups is 1. The van der Waals surface area contributed by atoms with Crippen molar-refractivity contribution in [1.29, 1.82) is 0 Å². The van der Waals surface area contributed by atoms with E-state index in [-0.39, 0.29) is 24.4 Å². The van der Waals surface area contributed by atoms with Crippen molar-refractivity contribution in [2.45, 2.75) is 51.1 Å². The zero-order valence-electron chi connectivity index (χ0n) is 12.4. The Balaban J connectivity index is 0.00000147. The number of hydrogen-bond acceptors (Lipinski definition) is 3. The molecule has 1 amide bonds. The van der Waals surface area contributed by atoms with Gasteiger partial charge in [-0.2, -0.15) is 0 Å². The highest BCUT2D eigenvalue weighted by Crippen LogP contribution is 2.49. The largest absolute Gasteiger partial charge is 0.352 e. The van der Waals surface area contributed by atoms with E-state index >= 15 is 0 Å². The number of halogens is 1. The average molecular weight is 302 g/mol. The van der Waals surface area contributed by atoms with Gasteiger partial charge in [0, 0.05) is 25.2 Å². The predicted molar refractivity (Wildman–Crippen MR) is 82.8 cm³/mol. The Hall–Kier alpha value is -0.320. The van der Waals surface area contributed by atoms with Crippen LogP contribution in [-0.2, 0) is 4.79 Å². The van der Waals surface area contributed by atoms with Crippen LogP contribution in [0, 0.1) is 17.8 Å². The highest BCUT2D eigenvalue weighted by atomic mass is 35.5. The second kappa shape index (κ2) is 6.63. The minimum Gasteiger partial charge on any atom is -0.352 e. The first-order chi connectivity index (χ1) is 9.11. The van der Waals surface area contributed by atoms with Gasteiger partial charge in [-0.05, 0) is 50.4 Å². The fourth-order valence-corrected chi connectivity index (χ4v) is 4.52. The summed E-state index contributed by atoms with van der Waals surface area (Å²) in [5.74, 6) is 2.74. The zero-order chi connectivity index (χ0) is 13.4. The first kappa shape index (κ1) is 16.1. The van der Waals surface area contributed by atoms with Crippen LogP contribution in [0.4, 0.5) is 0 Å². The molecule has 2 aliphatic carbocycles. The second-order valence-electron chi connectivity index (χ2n) is 6.98. The van der Waals surface area contributed by atoms with E-state index < -0.39 is 0 Å². The fraction of sp³-hybridized carbons (Fsp3) is 0.933. The molecule has 3 rings (SSSR count). The summed E-state index contributed by atoms with van der Waals surface area (Å²) < 4.78 is 0. The first-order valence-electron chi connectivity index (χ1n) is 7.89. The molecule has 0 radical (unpaired) electrons. The zero-order valence-corrected chi connectivity index (χ0v) is 13.2. The molecule has 4 nitrogen and oxygen atoms in total. The van der Waals surface area contributed by atoms with Gasteiger partial charge in [0.25, 0.3) is 0 Å². The van der Waals surface area contributed by atoms with Crippen LogP contribution in [-0.4, -0.2) is 42.5 Å². The van der Waals surface area contributed by atoms with Gasteiger partial charge < -0.3 is 11.1 Å². The molecule has 5 heteroatoms. The summed E-state index contributed by atoms with van der Waals surface area (Å²) in [6.45, 7) is 4.56. The molecule has 1 aliphatic heterocycles. The van der Waals surface area contributed by atoms with Crippen LogP contribution in [0.2, 0.25) is 0 Å². The molecule has 3 fully saturated rings. The molecule has 4 unspecified atom stereocenters. The van der Waals surface area contributed by atoms with Gasteiger partial charge in [-0.25, -0.2) is 0 Å². The Kier molecular flexibility index (Phi) is 5.32. The summed E-state index contributed by atoms with van der Waals surface area (Å²) in [5.41, 5.74) is 5.87. The lowest BCUT2D eigenvalue weighted by Gasteiger charge is -2.29. The molecule has 2 saturated carbocycles. The number of amides is 1. The van der Waals surface area contributed by atoms with Gasteiger partial charge in [0.15, 0.2) is 0 Å². The van der Waals surface area contributed by atoms with E-state index in [4.69, 9.17) is 5.73 Å². The van der Waals surface area contributed by atoms with Crippen molar-refractivity contribution in [3.8, 4) is 0 Å². The Morgan fingerprint density at radius 2 is 2.15 bits per heavy atom. The van der Waals surface area contributed by atoms with Crippen molar-refractivity contribution in [2.75, 3.05) is 19.6 Å². The average Bonchev–Trinajstić information content (AvgIpc) is 3.05. The second-order valence-corrected chi connectivity index (χ2v) is 6.98. The topological polar surface area (TPSA) is 58.4 Å². The molecule has 116 valence electrons. The van der Waals surface area contributed by atoms with Crippen molar-refractivity contribution < 1.29 is 4.79 Å². The van der Waals surface area contributed by atoms with Gasteiger partial charge in [-0.3, -0.25) is 9.69 Å². The fourth-order valence-electron chi connectivity index (χ4n) is 4.52. The van der Waals surface area contributed by atoms with Gasteiger partial charge in [0.05, 0.1) is 6.54 Å². The van der Waals surface area contributed by atoms with Gasteiger partial charge in [-0.15, -0.1) is 12.4 Å². The highest BCUT2D eigenvalue weighted by Gasteiger charge is 2.42. The van der Waals surface area contributed by atoms with Crippen LogP contribution in [0.3, 0.4) is 0 Å². The normalized spacial score (nSPS) is 37.7. The van der Waals surface area contributed by atoms with Crippen LogP contribution in [0.5, 0.6) is 0 Å². The van der Waals surface area contributed by atoms with E-state index in [2.05, 4.69) is 17.1 Å². The monoisotopic (exact) mass is 301 g/mol. The number of hydrogen-bond donors (Lipinski definition) is 2. The highest BCUT2D eigenvalue weighted by molar-refractivity contribution is 5.85. The summed E-state index contributed by atoms with van der Waals surface area (Å²) in [5, 5.41) is 3.23. The standard InChI is InChI=1S/C15H27N3O.ClH/c1-10(14-7-11-2-3-12(14)6-11)17-15(19)9-18-5-4-13(16)8-18;/h10-14H,2-9,16H2,1H3,(H,17,19);1H/t10?,11?,12?,13-,14?;/m0./s1. The van der Waals surface area contributed by atoms with Gasteiger partial charge in [0.1, 0.15) is 0 Å². The molecule has 0 aromatic carbocycles. The van der Waals surface area contributed by atoms with E-state index in [0.29, 0.717) is 12.6 Å². The maximum Gasteiger partial charge on any atom is 0.234 e. The maximum absolute atomic E-state index is 12.1. The number of nitrogens with two attached hydrogens (primary N) is 1. The number of fused-ring (bicyclic) bond motifs is 2. The lowest BCUT2D eigenvalue weighted by molar-refractivity contribution is -0.123. The summed E-state index contributed by atoms with van der Waals surface area (Å²) in [7, 11) is 0. The SMILES string of the molecule is CC(NC(=O)CN1CC[C@H](N)C1)C1CC2CCC1C2.Cl. The van der Waals surface area contributed by atoms with Crippen molar-refractivity contribution in [3.05, 3.63) is 0 Å². The number of carbonyl (C=O) groups excluding carboxylic acids is 1. The van der Waals surface area contributed by atoms with Crippen molar-refractivity contribution in [2.24, 2.45) is 23.5 Å². The quantitative estimate of drug-likeness (QED) is 0.825. The van der Waals surface area contributed by atoms with E-state index in [1.807, 2.05) is 0 Å². The lowest BCUT2D eigenvalue weighted by Crippen LogP contribution is -2.44. The van der Waals surface area contributed by atoms with E-state index in [9.17, 15) is 4.79 Å². The van der Waals surface area contributed by atoms with E-state index in [1.165, 1.54) is 25.7 Å². The van der Waals surface area contributed by atoms with Crippen LogP contribution >= 0.6 is 12.4 Å². The van der Waals surface area contributed by atoms with Gasteiger partial charge in [0.2, 0.25) is 5.91 Å². The molecule has 2 bridgehead atoms. The first-order valence-corrected chi connectivity index (χ1v) is 7.89. The minimum absolute atomic E-state index is 0. The van der Waals surface area contributed by atoms with Crippen LogP contribution in [0.15, 0.2) is 0 Å². The Morgan fingerprint density at radius 3 is 2.70 bits per heavy atom. The molecule has 0 spiro atoms. The van der Waals surface area contributed by atoms with Crippen molar-refractivity contribution in [1.82, 2.24) is 10.2 Å². The molecular weight excluding hydrogens is 274 g/mol. The third-order valence-electron chi connectivity index (χ3n) is 5.50. The minimum atomic E-state index is 0. The molecule has 5 atom stereocenters. The molecular formula is C15H28ClN3O. The number of nitrogens with one attached hydrogen (secondary N) is 1. The third-order valence-corrected chi connectivity index (χ3v) is 5.50. The van der Waals surface area contributed by atoms with Crippen LogP contribution in [0.1, 0.15) is 39.0 Å². The van der Waals surface area contributed by atoms with Crippen molar-refractivity contribution >= 4 is 18.3 Å². The van der Waals surface area contributed by atoms with Gasteiger partial charge >= 0.3 is 0 Å². The molecule has 1 saturated heterocycles. The molecule has 0 aromatic rings. The Bertz CT molecular complexity index is 352. The number of rotatable bonds is 4. The summed E-state index contributed by atoms with van der Waals surface area (Å²) in [6.07, 6.45) is 6.58.